The van der Waals surface area contributed by atoms with E-state index in [1.165, 1.54) is 5.56 Å². The molecule has 2 amide bonds. The number of likely N-dealkylation sites (tertiary alicyclic amines) is 1. The summed E-state index contributed by atoms with van der Waals surface area (Å²) >= 11 is 0. The second-order valence-corrected chi connectivity index (χ2v) is 6.80. The topological polar surface area (TPSA) is 61.4 Å². The number of carbonyl (C=O) groups is 2. The first-order valence-electron chi connectivity index (χ1n) is 9.08. The molecular weight excluding hydrogens is 302 g/mol. The summed E-state index contributed by atoms with van der Waals surface area (Å²) < 4.78 is 0. The van der Waals surface area contributed by atoms with E-state index < -0.39 is 0 Å². The van der Waals surface area contributed by atoms with E-state index in [4.69, 9.17) is 0 Å². The lowest BCUT2D eigenvalue weighted by atomic mass is 10.0. The third kappa shape index (κ3) is 4.57. The Bertz CT molecular complexity index is 547. The van der Waals surface area contributed by atoms with Gasteiger partial charge in [0.05, 0.1) is 6.04 Å². The van der Waals surface area contributed by atoms with Crippen molar-refractivity contribution in [3.05, 3.63) is 35.9 Å². The van der Waals surface area contributed by atoms with E-state index in [0.717, 1.165) is 51.7 Å². The summed E-state index contributed by atoms with van der Waals surface area (Å²) in [5.74, 6) is 0.349. The average molecular weight is 329 g/mol. The highest BCUT2D eigenvalue weighted by molar-refractivity contribution is 5.82. The molecule has 130 valence electrons. The van der Waals surface area contributed by atoms with Gasteiger partial charge in [0.25, 0.3) is 0 Å². The van der Waals surface area contributed by atoms with Crippen LogP contribution in [0.5, 0.6) is 0 Å². The molecular formula is C19H27N3O2. The molecule has 0 radical (unpaired) electrons. The lowest BCUT2D eigenvalue weighted by Gasteiger charge is -2.33. The van der Waals surface area contributed by atoms with Crippen molar-refractivity contribution in [1.29, 1.82) is 0 Å². The number of piperidine rings is 1. The van der Waals surface area contributed by atoms with E-state index >= 15 is 0 Å². The number of amides is 2. The average Bonchev–Trinajstić information content (AvgIpc) is 3.16. The summed E-state index contributed by atoms with van der Waals surface area (Å²) in [6.07, 6.45) is 5.08. The highest BCUT2D eigenvalue weighted by atomic mass is 16.2. The Hall–Kier alpha value is -1.88. The molecule has 0 aliphatic carbocycles. The maximum Gasteiger partial charge on any atom is 0.237 e. The number of carbonyl (C=O) groups excluding carboxylic acids is 2. The number of aryl methyl sites for hydroxylation is 1. The van der Waals surface area contributed by atoms with E-state index in [-0.39, 0.29) is 23.9 Å². The van der Waals surface area contributed by atoms with E-state index in [1.807, 2.05) is 23.1 Å². The molecule has 24 heavy (non-hydrogen) atoms. The maximum absolute atomic E-state index is 12.3. The smallest absolute Gasteiger partial charge is 0.237 e. The number of hydrogen-bond acceptors (Lipinski definition) is 3. The summed E-state index contributed by atoms with van der Waals surface area (Å²) in [5, 5.41) is 6.37. The number of nitrogens with one attached hydrogen (secondary N) is 2. The van der Waals surface area contributed by atoms with Crippen LogP contribution in [0.15, 0.2) is 30.3 Å². The van der Waals surface area contributed by atoms with E-state index in [2.05, 4.69) is 22.8 Å². The van der Waals surface area contributed by atoms with Gasteiger partial charge in [-0.25, -0.2) is 0 Å². The third-order valence-corrected chi connectivity index (χ3v) is 5.04. The molecule has 5 heteroatoms. The lowest BCUT2D eigenvalue weighted by molar-refractivity contribution is -0.132. The molecule has 2 aliphatic rings. The first-order valence-corrected chi connectivity index (χ1v) is 9.08. The molecule has 1 atom stereocenters. The van der Waals surface area contributed by atoms with Crippen LogP contribution in [0.25, 0.3) is 0 Å². The van der Waals surface area contributed by atoms with E-state index in [0.29, 0.717) is 6.42 Å². The van der Waals surface area contributed by atoms with Gasteiger partial charge in [-0.2, -0.15) is 0 Å². The van der Waals surface area contributed by atoms with E-state index in [9.17, 15) is 9.59 Å². The number of benzene rings is 1. The standard InChI is InChI=1S/C19H27N3O2/c23-18(9-8-15-5-2-1-3-6-15)22-13-10-16(11-14-22)21-19(24)17-7-4-12-20-17/h1-3,5-6,16-17,20H,4,7-14H2,(H,21,24). The maximum atomic E-state index is 12.3. The Balaban J connectivity index is 1.38. The molecule has 0 spiro atoms. The number of nitrogens with zero attached hydrogens (tertiary/aromatic N) is 1. The van der Waals surface area contributed by atoms with Crippen LogP contribution in [0.1, 0.15) is 37.7 Å². The van der Waals surface area contributed by atoms with Crippen molar-refractivity contribution >= 4 is 11.8 Å². The lowest BCUT2D eigenvalue weighted by Crippen LogP contribution is -2.50. The number of rotatable bonds is 5. The van der Waals surface area contributed by atoms with Crippen LogP contribution in [0, 0.1) is 0 Å². The highest BCUT2D eigenvalue weighted by Gasteiger charge is 2.27. The van der Waals surface area contributed by atoms with Gasteiger partial charge in [-0.1, -0.05) is 30.3 Å². The first kappa shape index (κ1) is 17.0. The van der Waals surface area contributed by atoms with Gasteiger partial charge in [-0.05, 0) is 44.2 Å². The second kappa shape index (κ2) is 8.29. The summed E-state index contributed by atoms with van der Waals surface area (Å²) in [6, 6.07) is 10.3. The Morgan fingerprint density at radius 3 is 2.54 bits per heavy atom. The van der Waals surface area contributed by atoms with Crippen molar-refractivity contribution in [1.82, 2.24) is 15.5 Å². The molecule has 2 saturated heterocycles. The molecule has 3 rings (SSSR count). The largest absolute Gasteiger partial charge is 0.352 e. The van der Waals surface area contributed by atoms with Crippen LogP contribution in [0.2, 0.25) is 0 Å². The molecule has 0 aromatic heterocycles. The highest BCUT2D eigenvalue weighted by Crippen LogP contribution is 2.14. The fourth-order valence-electron chi connectivity index (χ4n) is 3.54. The molecule has 1 aromatic rings. The molecule has 2 aliphatic heterocycles. The van der Waals surface area contributed by atoms with Gasteiger partial charge >= 0.3 is 0 Å². The minimum atomic E-state index is -0.0180. The fraction of sp³-hybridized carbons (Fsp3) is 0.579. The van der Waals surface area contributed by atoms with Crippen molar-refractivity contribution in [2.45, 2.75) is 50.6 Å². The van der Waals surface area contributed by atoms with Crippen LogP contribution in [0.3, 0.4) is 0 Å². The predicted molar refractivity (Wildman–Crippen MR) is 93.5 cm³/mol. The fourth-order valence-corrected chi connectivity index (χ4v) is 3.54. The normalized spacial score (nSPS) is 21.7. The Morgan fingerprint density at radius 1 is 1.12 bits per heavy atom. The van der Waals surface area contributed by atoms with Crippen molar-refractivity contribution in [2.24, 2.45) is 0 Å². The Morgan fingerprint density at radius 2 is 1.88 bits per heavy atom. The van der Waals surface area contributed by atoms with Gasteiger partial charge in [0.1, 0.15) is 0 Å². The van der Waals surface area contributed by atoms with Crippen LogP contribution in [0.4, 0.5) is 0 Å². The van der Waals surface area contributed by atoms with Gasteiger partial charge < -0.3 is 15.5 Å². The SMILES string of the molecule is O=C(NC1CCN(C(=O)CCc2ccccc2)CC1)C1CCCN1. The van der Waals surface area contributed by atoms with Crippen molar-refractivity contribution in [3.8, 4) is 0 Å². The van der Waals surface area contributed by atoms with Crippen molar-refractivity contribution in [2.75, 3.05) is 19.6 Å². The monoisotopic (exact) mass is 329 g/mol. The minimum absolute atomic E-state index is 0.0180. The molecule has 2 fully saturated rings. The van der Waals surface area contributed by atoms with Crippen LogP contribution < -0.4 is 10.6 Å². The van der Waals surface area contributed by atoms with Crippen LogP contribution in [-0.4, -0.2) is 48.4 Å². The second-order valence-electron chi connectivity index (χ2n) is 6.80. The first-order chi connectivity index (χ1) is 11.7. The minimum Gasteiger partial charge on any atom is -0.352 e. The Kier molecular flexibility index (Phi) is 5.86. The van der Waals surface area contributed by atoms with E-state index in [1.54, 1.807) is 0 Å². The van der Waals surface area contributed by atoms with Gasteiger partial charge in [-0.3, -0.25) is 9.59 Å². The molecule has 5 nitrogen and oxygen atoms in total. The zero-order valence-electron chi connectivity index (χ0n) is 14.2. The van der Waals surface area contributed by atoms with Crippen molar-refractivity contribution < 1.29 is 9.59 Å². The molecule has 1 unspecified atom stereocenters. The van der Waals surface area contributed by atoms with Crippen LogP contribution >= 0.6 is 0 Å². The van der Waals surface area contributed by atoms with Crippen LogP contribution in [-0.2, 0) is 16.0 Å². The van der Waals surface area contributed by atoms with Gasteiger partial charge in [0.15, 0.2) is 0 Å². The molecule has 2 N–H and O–H groups in total. The predicted octanol–water partition coefficient (Wildman–Crippen LogP) is 1.48. The molecule has 0 bridgehead atoms. The Labute approximate surface area is 143 Å². The quantitative estimate of drug-likeness (QED) is 0.860. The zero-order valence-corrected chi connectivity index (χ0v) is 14.2. The van der Waals surface area contributed by atoms with Gasteiger partial charge in [0, 0.05) is 25.6 Å². The molecule has 2 heterocycles. The molecule has 0 saturated carbocycles. The summed E-state index contributed by atoms with van der Waals surface area (Å²) in [4.78, 5) is 26.4. The van der Waals surface area contributed by atoms with Crippen molar-refractivity contribution in [3.63, 3.8) is 0 Å². The summed E-state index contributed by atoms with van der Waals surface area (Å²) in [6.45, 7) is 2.43. The van der Waals surface area contributed by atoms with Gasteiger partial charge in [0.2, 0.25) is 11.8 Å². The third-order valence-electron chi connectivity index (χ3n) is 5.04. The van der Waals surface area contributed by atoms with Gasteiger partial charge in [-0.15, -0.1) is 0 Å². The summed E-state index contributed by atoms with van der Waals surface area (Å²) in [5.41, 5.74) is 1.21. The summed E-state index contributed by atoms with van der Waals surface area (Å²) in [7, 11) is 0. The number of hydrogen-bond donors (Lipinski definition) is 2. The zero-order chi connectivity index (χ0) is 16.8. The molecule has 1 aromatic carbocycles.